The minimum absolute atomic E-state index is 0.105. The third kappa shape index (κ3) is 5.92. The summed E-state index contributed by atoms with van der Waals surface area (Å²) in [4.78, 5) is 19.9. The predicted molar refractivity (Wildman–Crippen MR) is 140 cm³/mol. The second-order valence-electron chi connectivity index (χ2n) is 8.02. The van der Waals surface area contributed by atoms with Gasteiger partial charge in [-0.3, -0.25) is 4.79 Å². The van der Waals surface area contributed by atoms with Crippen molar-refractivity contribution in [2.45, 2.75) is 30.7 Å². The average molecular weight is 480 g/mol. The summed E-state index contributed by atoms with van der Waals surface area (Å²) >= 11 is 1.27. The van der Waals surface area contributed by atoms with Crippen LogP contribution in [0.1, 0.15) is 18.9 Å². The van der Waals surface area contributed by atoms with Gasteiger partial charge in [-0.25, -0.2) is 4.98 Å². The van der Waals surface area contributed by atoms with Gasteiger partial charge < -0.3 is 4.90 Å². The van der Waals surface area contributed by atoms with Gasteiger partial charge in [-0.15, -0.1) is 10.2 Å². The third-order valence-corrected chi connectivity index (χ3v) is 6.39. The summed E-state index contributed by atoms with van der Waals surface area (Å²) in [7, 11) is 0. The lowest BCUT2D eigenvalue weighted by atomic mass is 10.0. The van der Waals surface area contributed by atoms with E-state index in [1.807, 2.05) is 98.8 Å². The molecule has 0 aliphatic rings. The van der Waals surface area contributed by atoms with E-state index in [0.717, 1.165) is 22.4 Å². The molecule has 0 bridgehead atoms. The molecule has 0 saturated heterocycles. The first-order chi connectivity index (χ1) is 17.1. The van der Waals surface area contributed by atoms with Crippen LogP contribution in [-0.4, -0.2) is 32.9 Å². The van der Waals surface area contributed by atoms with Crippen molar-refractivity contribution in [3.8, 4) is 28.6 Å². The highest BCUT2D eigenvalue weighted by molar-refractivity contribution is 8.00. The van der Waals surface area contributed by atoms with Crippen molar-refractivity contribution in [2.24, 2.45) is 0 Å². The van der Waals surface area contributed by atoms with Crippen molar-refractivity contribution >= 4 is 23.4 Å². The topological polar surface area (TPSA) is 82.8 Å². The molecule has 4 rings (SSSR count). The van der Waals surface area contributed by atoms with Crippen molar-refractivity contribution in [1.29, 1.82) is 5.26 Å². The Hall–Kier alpha value is -4.02. The number of rotatable bonds is 8. The number of amides is 1. The molecule has 4 aromatic rings. The van der Waals surface area contributed by atoms with E-state index in [0.29, 0.717) is 23.1 Å². The van der Waals surface area contributed by atoms with Crippen molar-refractivity contribution in [3.05, 3.63) is 90.5 Å². The molecule has 0 radical (unpaired) electrons. The van der Waals surface area contributed by atoms with E-state index in [-0.39, 0.29) is 12.3 Å². The number of hydrogen-bond acceptors (Lipinski definition) is 6. The van der Waals surface area contributed by atoms with Crippen LogP contribution >= 0.6 is 11.8 Å². The number of benzene rings is 3. The minimum Gasteiger partial charge on any atom is -0.310 e. The Labute approximate surface area is 209 Å². The van der Waals surface area contributed by atoms with Gasteiger partial charge in [0.15, 0.2) is 0 Å². The fraction of sp³-hybridized carbons (Fsp3) is 0.179. The number of thioether (sulfide) groups is 1. The smallest absolute Gasteiger partial charge is 0.240 e. The van der Waals surface area contributed by atoms with E-state index in [2.05, 4.69) is 16.3 Å². The van der Waals surface area contributed by atoms with Crippen LogP contribution in [0.3, 0.4) is 0 Å². The summed E-state index contributed by atoms with van der Waals surface area (Å²) in [6.07, 6.45) is 0.249. The SMILES string of the molecule is Cc1ccc(N(CCC#N)C(=O)C(C)Sc2nnc(-c3ccccc3)c(-c3ccccc3)n2)cc1. The van der Waals surface area contributed by atoms with Crippen molar-refractivity contribution in [1.82, 2.24) is 15.2 Å². The highest BCUT2D eigenvalue weighted by Crippen LogP contribution is 2.31. The van der Waals surface area contributed by atoms with Gasteiger partial charge in [0.1, 0.15) is 11.4 Å². The zero-order valence-corrected chi connectivity index (χ0v) is 20.4. The van der Waals surface area contributed by atoms with Gasteiger partial charge in [-0.05, 0) is 26.0 Å². The molecule has 0 fully saturated rings. The molecule has 0 aliphatic carbocycles. The van der Waals surface area contributed by atoms with Crippen molar-refractivity contribution < 1.29 is 4.79 Å². The largest absolute Gasteiger partial charge is 0.310 e. The number of carbonyl (C=O) groups is 1. The first-order valence-corrected chi connectivity index (χ1v) is 12.2. The first-order valence-electron chi connectivity index (χ1n) is 11.3. The first kappa shape index (κ1) is 24.1. The summed E-state index contributed by atoms with van der Waals surface area (Å²) < 4.78 is 0. The molecule has 0 spiro atoms. The van der Waals surface area contributed by atoms with Gasteiger partial charge in [-0.1, -0.05) is 90.1 Å². The molecule has 35 heavy (non-hydrogen) atoms. The summed E-state index contributed by atoms with van der Waals surface area (Å²) in [5, 5.41) is 17.9. The maximum atomic E-state index is 13.4. The molecule has 1 unspecified atom stereocenters. The Morgan fingerprint density at radius 2 is 1.51 bits per heavy atom. The summed E-state index contributed by atoms with van der Waals surface area (Å²) in [6.45, 7) is 4.15. The van der Waals surface area contributed by atoms with Crippen LogP contribution in [0.4, 0.5) is 5.69 Å². The van der Waals surface area contributed by atoms with E-state index >= 15 is 0 Å². The Balaban J connectivity index is 1.63. The second kappa shape index (κ2) is 11.4. The summed E-state index contributed by atoms with van der Waals surface area (Å²) in [6, 6.07) is 29.5. The number of aryl methyl sites for hydroxylation is 1. The number of nitrogens with zero attached hydrogens (tertiary/aromatic N) is 5. The van der Waals surface area contributed by atoms with E-state index in [1.165, 1.54) is 11.8 Å². The molecule has 0 aliphatic heterocycles. The van der Waals surface area contributed by atoms with Crippen LogP contribution in [0.5, 0.6) is 0 Å². The van der Waals surface area contributed by atoms with Gasteiger partial charge in [0, 0.05) is 23.4 Å². The number of aromatic nitrogens is 3. The summed E-state index contributed by atoms with van der Waals surface area (Å²) in [5.74, 6) is -0.105. The molecular weight excluding hydrogens is 454 g/mol. The molecule has 0 saturated carbocycles. The maximum Gasteiger partial charge on any atom is 0.240 e. The zero-order valence-electron chi connectivity index (χ0n) is 19.6. The molecule has 1 atom stereocenters. The standard InChI is InChI=1S/C28H25N5OS/c1-20-14-16-24(17-15-20)33(19-9-18-29)27(34)21(2)35-28-30-25(22-10-5-3-6-11-22)26(31-32-28)23-12-7-4-8-13-23/h3-8,10-17,21H,9,19H2,1-2H3. The molecule has 1 amide bonds. The molecule has 7 heteroatoms. The van der Waals surface area contributed by atoms with Crippen LogP contribution in [0.15, 0.2) is 90.1 Å². The van der Waals surface area contributed by atoms with Crippen LogP contribution in [0.2, 0.25) is 0 Å². The molecular formula is C28H25N5OS. The van der Waals surface area contributed by atoms with Crippen molar-refractivity contribution in [2.75, 3.05) is 11.4 Å². The quantitative estimate of drug-likeness (QED) is 0.291. The average Bonchev–Trinajstić information content (AvgIpc) is 2.90. The molecule has 1 heterocycles. The monoisotopic (exact) mass is 479 g/mol. The molecule has 3 aromatic carbocycles. The lowest BCUT2D eigenvalue weighted by Gasteiger charge is -2.25. The predicted octanol–water partition coefficient (Wildman–Crippen LogP) is 5.94. The highest BCUT2D eigenvalue weighted by atomic mass is 32.2. The number of anilines is 1. The Kier molecular flexibility index (Phi) is 7.86. The molecule has 174 valence electrons. The third-order valence-electron chi connectivity index (χ3n) is 5.45. The Morgan fingerprint density at radius 1 is 0.914 bits per heavy atom. The van der Waals surface area contributed by atoms with Gasteiger partial charge in [0.25, 0.3) is 0 Å². The Bertz CT molecular complexity index is 1320. The van der Waals surface area contributed by atoms with Crippen LogP contribution < -0.4 is 4.90 Å². The zero-order chi connectivity index (χ0) is 24.6. The number of hydrogen-bond donors (Lipinski definition) is 0. The fourth-order valence-corrected chi connectivity index (χ4v) is 4.41. The normalized spacial score (nSPS) is 11.5. The second-order valence-corrected chi connectivity index (χ2v) is 9.33. The van der Waals surface area contributed by atoms with Crippen LogP contribution in [0.25, 0.3) is 22.5 Å². The summed E-state index contributed by atoms with van der Waals surface area (Å²) in [5.41, 5.74) is 5.14. The lowest BCUT2D eigenvalue weighted by molar-refractivity contribution is -0.117. The number of carbonyl (C=O) groups excluding carboxylic acids is 1. The van der Waals surface area contributed by atoms with Gasteiger partial charge >= 0.3 is 0 Å². The number of nitriles is 1. The van der Waals surface area contributed by atoms with E-state index < -0.39 is 5.25 Å². The molecule has 0 N–H and O–H groups in total. The van der Waals surface area contributed by atoms with Crippen LogP contribution in [-0.2, 0) is 4.79 Å². The van der Waals surface area contributed by atoms with Crippen molar-refractivity contribution in [3.63, 3.8) is 0 Å². The van der Waals surface area contributed by atoms with E-state index in [1.54, 1.807) is 4.90 Å². The maximum absolute atomic E-state index is 13.4. The minimum atomic E-state index is -0.469. The molecule has 1 aromatic heterocycles. The van der Waals surface area contributed by atoms with E-state index in [4.69, 9.17) is 10.2 Å². The Morgan fingerprint density at radius 3 is 2.11 bits per heavy atom. The molecule has 6 nitrogen and oxygen atoms in total. The fourth-order valence-electron chi connectivity index (χ4n) is 3.63. The van der Waals surface area contributed by atoms with E-state index in [9.17, 15) is 4.79 Å². The van der Waals surface area contributed by atoms with Gasteiger partial charge in [0.2, 0.25) is 11.1 Å². The lowest BCUT2D eigenvalue weighted by Crippen LogP contribution is -2.37. The van der Waals surface area contributed by atoms with Crippen LogP contribution in [0, 0.1) is 18.3 Å². The van der Waals surface area contributed by atoms with Gasteiger partial charge in [-0.2, -0.15) is 5.26 Å². The highest BCUT2D eigenvalue weighted by Gasteiger charge is 2.25. The van der Waals surface area contributed by atoms with Gasteiger partial charge in [0.05, 0.1) is 17.7 Å².